The summed E-state index contributed by atoms with van der Waals surface area (Å²) in [6.07, 6.45) is 4.06. The average molecular weight is 330 g/mol. The summed E-state index contributed by atoms with van der Waals surface area (Å²) < 4.78 is 62.2. The summed E-state index contributed by atoms with van der Waals surface area (Å²) in [5, 5.41) is 0. The van der Waals surface area contributed by atoms with Crippen LogP contribution in [0.2, 0.25) is 0 Å². The molecule has 0 bridgehead atoms. The quantitative estimate of drug-likeness (QED) is 0.282. The Morgan fingerprint density at radius 2 is 1.58 bits per heavy atom. The van der Waals surface area contributed by atoms with E-state index in [2.05, 4.69) is 14.9 Å². The second-order valence-electron chi connectivity index (χ2n) is 2.96. The number of rotatable bonds is 8. The summed E-state index contributed by atoms with van der Waals surface area (Å²) >= 11 is 0. The molecule has 0 saturated carbocycles. The van der Waals surface area contributed by atoms with Crippen molar-refractivity contribution in [2.45, 2.75) is 26.2 Å². The third-order valence-corrected chi connectivity index (χ3v) is 2.19. The maximum atomic E-state index is 10.9. The van der Waals surface area contributed by atoms with Gasteiger partial charge >= 0.3 is 50.4 Å². The molecule has 0 atom stereocenters. The molecule has 0 aromatic heterocycles. The van der Waals surface area contributed by atoms with Crippen LogP contribution in [0.3, 0.4) is 0 Å². The summed E-state index contributed by atoms with van der Waals surface area (Å²) in [4.78, 5) is 0. The zero-order chi connectivity index (χ0) is 14.7. The van der Waals surface area contributed by atoms with Gasteiger partial charge in [0.15, 0.2) is 0 Å². The molecule has 0 amide bonds. The van der Waals surface area contributed by atoms with Gasteiger partial charge in [-0.05, 0) is 6.42 Å². The molecule has 11 heteroatoms. The molecular formula is C8H19NaO8S2. The third kappa shape index (κ3) is 32.2. The molecule has 0 fully saturated rings. The fourth-order valence-electron chi connectivity index (χ4n) is 0.679. The second-order valence-corrected chi connectivity index (χ2v) is 5.14. The first-order valence-corrected chi connectivity index (χ1v) is 7.70. The van der Waals surface area contributed by atoms with Crippen molar-refractivity contribution in [1.29, 1.82) is 0 Å². The molecule has 0 aliphatic heterocycles. The molecule has 0 aromatic carbocycles. The van der Waals surface area contributed by atoms with Gasteiger partial charge in [-0.2, -0.15) is 16.8 Å². The van der Waals surface area contributed by atoms with Crippen LogP contribution in [0.1, 0.15) is 26.2 Å². The topological polar surface area (TPSA) is 127 Å². The molecule has 0 radical (unpaired) electrons. The molecule has 8 nitrogen and oxygen atoms in total. The van der Waals surface area contributed by atoms with Crippen LogP contribution in [-0.2, 0) is 29.2 Å². The fourth-order valence-corrected chi connectivity index (χ4v) is 1.33. The first-order chi connectivity index (χ1) is 8.12. The van der Waals surface area contributed by atoms with Gasteiger partial charge in [0.05, 0.1) is 13.2 Å². The fraction of sp³-hybridized carbons (Fsp3) is 0.750. The van der Waals surface area contributed by atoms with Gasteiger partial charge in [-0.25, -0.2) is 8.37 Å². The predicted octanol–water partition coefficient (Wildman–Crippen LogP) is 0.339. The Bertz CT molecular complexity index is 394. The van der Waals surface area contributed by atoms with Crippen LogP contribution in [-0.4, -0.2) is 68.7 Å². The molecule has 0 aliphatic rings. The molecular weight excluding hydrogens is 311 g/mol. The van der Waals surface area contributed by atoms with Gasteiger partial charge in [0, 0.05) is 0 Å². The van der Waals surface area contributed by atoms with E-state index in [1.165, 1.54) is 6.08 Å². The van der Waals surface area contributed by atoms with Crippen LogP contribution in [0, 0.1) is 0 Å². The van der Waals surface area contributed by atoms with Crippen molar-refractivity contribution in [3.05, 3.63) is 12.7 Å². The van der Waals surface area contributed by atoms with Crippen molar-refractivity contribution in [1.82, 2.24) is 0 Å². The van der Waals surface area contributed by atoms with Crippen molar-refractivity contribution in [2.24, 2.45) is 0 Å². The Morgan fingerprint density at radius 3 is 1.95 bits per heavy atom. The Hall–Kier alpha value is 0.480. The van der Waals surface area contributed by atoms with E-state index >= 15 is 0 Å². The van der Waals surface area contributed by atoms with Gasteiger partial charge in [-0.1, -0.05) is 25.8 Å². The van der Waals surface area contributed by atoms with E-state index in [1.54, 1.807) is 0 Å². The van der Waals surface area contributed by atoms with Crippen LogP contribution < -0.4 is 0 Å². The van der Waals surface area contributed by atoms with E-state index < -0.39 is 20.8 Å². The van der Waals surface area contributed by atoms with Crippen LogP contribution >= 0.6 is 0 Å². The summed E-state index contributed by atoms with van der Waals surface area (Å²) in [5.41, 5.74) is 0. The predicted molar refractivity (Wildman–Crippen MR) is 71.9 cm³/mol. The zero-order valence-corrected chi connectivity index (χ0v) is 11.6. The van der Waals surface area contributed by atoms with Crippen molar-refractivity contribution in [3.8, 4) is 0 Å². The van der Waals surface area contributed by atoms with Crippen molar-refractivity contribution >= 4 is 50.4 Å². The first kappa shape index (κ1) is 24.5. The minimum absolute atomic E-state index is 0. The molecule has 0 saturated heterocycles. The van der Waals surface area contributed by atoms with Gasteiger partial charge in [0.2, 0.25) is 0 Å². The Morgan fingerprint density at radius 1 is 1.11 bits per heavy atom. The number of hydrogen-bond acceptors (Lipinski definition) is 6. The molecule has 112 valence electrons. The molecule has 0 spiro atoms. The van der Waals surface area contributed by atoms with Crippen LogP contribution in [0.25, 0.3) is 0 Å². The van der Waals surface area contributed by atoms with Gasteiger partial charge in [-0.15, -0.1) is 6.58 Å². The van der Waals surface area contributed by atoms with Gasteiger partial charge in [0.1, 0.15) is 0 Å². The van der Waals surface area contributed by atoms with E-state index in [0.29, 0.717) is 0 Å². The average Bonchev–Trinajstić information content (AvgIpc) is 2.19. The van der Waals surface area contributed by atoms with E-state index in [0.717, 1.165) is 19.3 Å². The van der Waals surface area contributed by atoms with Gasteiger partial charge < -0.3 is 0 Å². The minimum atomic E-state index is -4.67. The first-order valence-electron chi connectivity index (χ1n) is 4.97. The standard InChI is InChI=1S/C8H16O4S.Na.H2O4S.H/c1-3-5-6-8-12-13(9,10)11-7-4-2;;1-5(2,3)4;/h4H,2-3,5-8H2,1H3;;(H2,1,2,3,4);. The van der Waals surface area contributed by atoms with Crippen molar-refractivity contribution in [2.75, 3.05) is 13.2 Å². The van der Waals surface area contributed by atoms with Gasteiger partial charge in [0.25, 0.3) is 0 Å². The maximum absolute atomic E-state index is 10.9. The SMILES string of the molecule is C=CCOS(=O)(=O)OCCCCC.O=S(=O)(O)O.[NaH]. The van der Waals surface area contributed by atoms with E-state index in [1.807, 2.05) is 6.92 Å². The van der Waals surface area contributed by atoms with E-state index in [9.17, 15) is 8.42 Å². The number of hydrogen-bond donors (Lipinski definition) is 2. The summed E-state index contributed by atoms with van der Waals surface area (Å²) in [5.74, 6) is 0. The molecule has 2 N–H and O–H groups in total. The molecule has 0 aliphatic carbocycles. The van der Waals surface area contributed by atoms with Crippen LogP contribution in [0.4, 0.5) is 0 Å². The Kier molecular flexibility index (Phi) is 17.4. The summed E-state index contributed by atoms with van der Waals surface area (Å²) in [6.45, 7) is 5.50. The van der Waals surface area contributed by atoms with E-state index in [4.69, 9.17) is 17.5 Å². The van der Waals surface area contributed by atoms with Crippen LogP contribution in [0.5, 0.6) is 0 Å². The third-order valence-electron chi connectivity index (χ3n) is 1.31. The zero-order valence-electron chi connectivity index (χ0n) is 9.98. The summed E-state index contributed by atoms with van der Waals surface area (Å²) in [6, 6.07) is 0. The Balaban J connectivity index is -0.000000366. The van der Waals surface area contributed by atoms with Crippen molar-refractivity contribution in [3.63, 3.8) is 0 Å². The summed E-state index contributed by atoms with van der Waals surface area (Å²) in [7, 11) is -8.46. The monoisotopic (exact) mass is 330 g/mol. The normalized spacial score (nSPS) is 10.9. The molecule has 0 rings (SSSR count). The molecule has 0 heterocycles. The molecule has 0 unspecified atom stereocenters. The van der Waals surface area contributed by atoms with E-state index in [-0.39, 0.29) is 42.8 Å². The Labute approximate surface area is 136 Å². The molecule has 0 aromatic rings. The van der Waals surface area contributed by atoms with Gasteiger partial charge in [-0.3, -0.25) is 9.11 Å². The van der Waals surface area contributed by atoms with Crippen LogP contribution in [0.15, 0.2) is 12.7 Å². The second kappa shape index (κ2) is 13.5. The van der Waals surface area contributed by atoms with Crippen molar-refractivity contribution < 1.29 is 34.3 Å². The number of unbranched alkanes of at least 4 members (excludes halogenated alkanes) is 2. The molecule has 19 heavy (non-hydrogen) atoms.